The molecule has 0 heteroatoms. The van der Waals surface area contributed by atoms with Gasteiger partial charge < -0.3 is 0 Å². The SMILES string of the molecule is CC(C)(C)c1ccc(C2(c3ccccc3)CCC2)cc1. The molecule has 0 radical (unpaired) electrons. The lowest BCUT2D eigenvalue weighted by atomic mass is 9.60. The molecule has 2 aromatic carbocycles. The predicted molar refractivity (Wildman–Crippen MR) is 86.2 cm³/mol. The van der Waals surface area contributed by atoms with Crippen LogP contribution in [0.1, 0.15) is 56.7 Å². The summed E-state index contributed by atoms with van der Waals surface area (Å²) in [5.41, 5.74) is 4.90. The molecule has 1 aliphatic rings. The van der Waals surface area contributed by atoms with Crippen molar-refractivity contribution in [2.75, 3.05) is 0 Å². The van der Waals surface area contributed by atoms with Gasteiger partial charge in [-0.05, 0) is 34.9 Å². The lowest BCUT2D eigenvalue weighted by Gasteiger charge is -2.43. The van der Waals surface area contributed by atoms with Crippen molar-refractivity contribution in [3.8, 4) is 0 Å². The molecule has 0 aliphatic heterocycles. The molecule has 104 valence electrons. The molecule has 0 N–H and O–H groups in total. The first kappa shape index (κ1) is 13.4. The van der Waals surface area contributed by atoms with Gasteiger partial charge in [-0.2, -0.15) is 0 Å². The molecule has 0 amide bonds. The van der Waals surface area contributed by atoms with Crippen molar-refractivity contribution in [1.29, 1.82) is 0 Å². The lowest BCUT2D eigenvalue weighted by Crippen LogP contribution is -2.35. The van der Waals surface area contributed by atoms with Crippen LogP contribution in [0, 0.1) is 0 Å². The zero-order valence-electron chi connectivity index (χ0n) is 12.8. The van der Waals surface area contributed by atoms with E-state index in [4.69, 9.17) is 0 Å². The van der Waals surface area contributed by atoms with Crippen molar-refractivity contribution in [2.45, 2.75) is 50.9 Å². The van der Waals surface area contributed by atoms with Gasteiger partial charge in [0.2, 0.25) is 0 Å². The van der Waals surface area contributed by atoms with Gasteiger partial charge in [-0.25, -0.2) is 0 Å². The highest BCUT2D eigenvalue weighted by atomic mass is 14.4. The summed E-state index contributed by atoms with van der Waals surface area (Å²) >= 11 is 0. The summed E-state index contributed by atoms with van der Waals surface area (Å²) in [5.74, 6) is 0. The minimum absolute atomic E-state index is 0.234. The van der Waals surface area contributed by atoms with Gasteiger partial charge in [0, 0.05) is 5.41 Å². The fourth-order valence-electron chi connectivity index (χ4n) is 3.32. The summed E-state index contributed by atoms with van der Waals surface area (Å²) in [7, 11) is 0. The molecule has 0 heterocycles. The summed E-state index contributed by atoms with van der Waals surface area (Å²) in [6.45, 7) is 6.83. The van der Waals surface area contributed by atoms with Crippen molar-refractivity contribution >= 4 is 0 Å². The van der Waals surface area contributed by atoms with Crippen LogP contribution in [0.5, 0.6) is 0 Å². The van der Waals surface area contributed by atoms with E-state index in [0.717, 1.165) is 0 Å². The second kappa shape index (κ2) is 4.77. The molecular formula is C20H24. The van der Waals surface area contributed by atoms with Gasteiger partial charge in [0.1, 0.15) is 0 Å². The molecule has 0 nitrogen and oxygen atoms in total. The average Bonchev–Trinajstić information content (AvgIpc) is 2.38. The lowest BCUT2D eigenvalue weighted by molar-refractivity contribution is 0.301. The Hall–Kier alpha value is -1.56. The molecule has 1 fully saturated rings. The van der Waals surface area contributed by atoms with Crippen LogP contribution < -0.4 is 0 Å². The van der Waals surface area contributed by atoms with Crippen LogP contribution in [0.15, 0.2) is 54.6 Å². The van der Waals surface area contributed by atoms with Gasteiger partial charge >= 0.3 is 0 Å². The zero-order valence-corrected chi connectivity index (χ0v) is 12.8. The predicted octanol–water partition coefficient (Wildman–Crippen LogP) is 5.45. The maximum Gasteiger partial charge on any atom is 0.0202 e. The molecule has 1 aliphatic carbocycles. The molecule has 0 bridgehead atoms. The molecule has 1 saturated carbocycles. The first-order valence-corrected chi connectivity index (χ1v) is 7.69. The monoisotopic (exact) mass is 264 g/mol. The van der Waals surface area contributed by atoms with Crippen LogP contribution >= 0.6 is 0 Å². The van der Waals surface area contributed by atoms with Crippen LogP contribution in [-0.2, 0) is 10.8 Å². The minimum Gasteiger partial charge on any atom is -0.0622 e. The topological polar surface area (TPSA) is 0 Å². The first-order valence-electron chi connectivity index (χ1n) is 7.69. The summed E-state index contributed by atoms with van der Waals surface area (Å²) in [5, 5.41) is 0. The highest BCUT2D eigenvalue weighted by molar-refractivity contribution is 5.43. The Labute approximate surface area is 122 Å². The highest BCUT2D eigenvalue weighted by Gasteiger charge is 2.40. The second-order valence-corrected chi connectivity index (χ2v) is 7.13. The Morgan fingerprint density at radius 2 is 1.30 bits per heavy atom. The summed E-state index contributed by atoms with van der Waals surface area (Å²) in [6.07, 6.45) is 3.91. The number of hydrogen-bond acceptors (Lipinski definition) is 0. The van der Waals surface area contributed by atoms with Crippen LogP contribution in [0.2, 0.25) is 0 Å². The Balaban J connectivity index is 1.99. The van der Waals surface area contributed by atoms with E-state index in [1.54, 1.807) is 0 Å². The van der Waals surface area contributed by atoms with Crippen molar-refractivity contribution < 1.29 is 0 Å². The third kappa shape index (κ3) is 2.18. The van der Waals surface area contributed by atoms with E-state index in [9.17, 15) is 0 Å². The van der Waals surface area contributed by atoms with E-state index in [-0.39, 0.29) is 10.8 Å². The molecule has 0 spiro atoms. The van der Waals surface area contributed by atoms with Gasteiger partial charge in [0.25, 0.3) is 0 Å². The van der Waals surface area contributed by atoms with E-state index in [1.165, 1.54) is 36.0 Å². The van der Waals surface area contributed by atoms with Gasteiger partial charge in [-0.15, -0.1) is 0 Å². The molecule has 20 heavy (non-hydrogen) atoms. The van der Waals surface area contributed by atoms with Gasteiger partial charge in [-0.1, -0.05) is 81.8 Å². The fraction of sp³-hybridized carbons (Fsp3) is 0.400. The fourth-order valence-corrected chi connectivity index (χ4v) is 3.32. The minimum atomic E-state index is 0.234. The Kier molecular flexibility index (Phi) is 3.20. The van der Waals surface area contributed by atoms with Crippen LogP contribution in [0.3, 0.4) is 0 Å². The summed E-state index contributed by atoms with van der Waals surface area (Å²) < 4.78 is 0. The van der Waals surface area contributed by atoms with Crippen LogP contribution in [-0.4, -0.2) is 0 Å². The van der Waals surface area contributed by atoms with E-state index < -0.39 is 0 Å². The van der Waals surface area contributed by atoms with Crippen molar-refractivity contribution in [3.63, 3.8) is 0 Å². The number of rotatable bonds is 2. The van der Waals surface area contributed by atoms with Gasteiger partial charge in [0.05, 0.1) is 0 Å². The molecule has 3 rings (SSSR count). The second-order valence-electron chi connectivity index (χ2n) is 7.13. The van der Waals surface area contributed by atoms with Crippen molar-refractivity contribution in [1.82, 2.24) is 0 Å². The smallest absolute Gasteiger partial charge is 0.0202 e. The largest absolute Gasteiger partial charge is 0.0622 e. The zero-order chi connectivity index (χ0) is 14.2. The Morgan fingerprint density at radius 3 is 1.75 bits per heavy atom. The molecule has 0 aromatic heterocycles. The standard InChI is InChI=1S/C20H24/c1-19(2,3)16-10-12-18(13-11-16)20(14-7-15-20)17-8-5-4-6-9-17/h4-6,8-13H,7,14-15H2,1-3H3. The number of hydrogen-bond donors (Lipinski definition) is 0. The molecule has 0 atom stereocenters. The van der Waals surface area contributed by atoms with E-state index in [0.29, 0.717) is 0 Å². The molecule has 2 aromatic rings. The number of benzene rings is 2. The van der Waals surface area contributed by atoms with E-state index >= 15 is 0 Å². The normalized spacial score (nSPS) is 17.6. The van der Waals surface area contributed by atoms with Crippen LogP contribution in [0.4, 0.5) is 0 Å². The average molecular weight is 264 g/mol. The van der Waals surface area contributed by atoms with Crippen molar-refractivity contribution in [2.24, 2.45) is 0 Å². The molecular weight excluding hydrogens is 240 g/mol. The van der Waals surface area contributed by atoms with Crippen LogP contribution in [0.25, 0.3) is 0 Å². The maximum absolute atomic E-state index is 2.35. The Bertz CT molecular complexity index is 566. The highest BCUT2D eigenvalue weighted by Crippen LogP contribution is 2.49. The third-order valence-electron chi connectivity index (χ3n) is 4.84. The quantitative estimate of drug-likeness (QED) is 0.676. The molecule has 0 unspecified atom stereocenters. The maximum atomic E-state index is 2.35. The van der Waals surface area contributed by atoms with E-state index in [1.807, 2.05) is 0 Å². The van der Waals surface area contributed by atoms with E-state index in [2.05, 4.69) is 75.4 Å². The van der Waals surface area contributed by atoms with Gasteiger partial charge in [0.15, 0.2) is 0 Å². The van der Waals surface area contributed by atoms with Gasteiger partial charge in [-0.3, -0.25) is 0 Å². The summed E-state index contributed by atoms with van der Waals surface area (Å²) in [4.78, 5) is 0. The first-order chi connectivity index (χ1) is 9.52. The molecule has 0 saturated heterocycles. The third-order valence-corrected chi connectivity index (χ3v) is 4.84. The summed E-state index contributed by atoms with van der Waals surface area (Å²) in [6, 6.07) is 20.4. The Morgan fingerprint density at radius 1 is 0.750 bits per heavy atom. The van der Waals surface area contributed by atoms with Crippen molar-refractivity contribution in [3.05, 3.63) is 71.3 Å².